The zero-order valence-electron chi connectivity index (χ0n) is 12.5. The molecule has 1 aromatic heterocycles. The van der Waals surface area contributed by atoms with Crippen molar-refractivity contribution >= 4 is 17.6 Å². The first kappa shape index (κ1) is 17.2. The molecule has 0 aliphatic carbocycles. The number of hydrogen-bond donors (Lipinski definition) is 3. The number of benzene rings is 1. The van der Waals surface area contributed by atoms with Crippen molar-refractivity contribution in [1.82, 2.24) is 15.6 Å². The lowest BCUT2D eigenvalue weighted by Crippen LogP contribution is -2.43. The van der Waals surface area contributed by atoms with Gasteiger partial charge in [-0.05, 0) is 36.2 Å². The first-order valence-electron chi connectivity index (χ1n) is 6.97. The van der Waals surface area contributed by atoms with Gasteiger partial charge < -0.3 is 15.7 Å². The lowest BCUT2D eigenvalue weighted by Gasteiger charge is -2.24. The summed E-state index contributed by atoms with van der Waals surface area (Å²) in [6.45, 7) is 1.82. The molecule has 0 fully saturated rings. The Labute approximate surface area is 138 Å². The Bertz CT molecular complexity index is 660. The summed E-state index contributed by atoms with van der Waals surface area (Å²) in [4.78, 5) is 15.7. The maximum Gasteiger partial charge on any atom is 0.315 e. The fourth-order valence-corrected chi connectivity index (χ4v) is 2.03. The molecule has 2 rings (SSSR count). The van der Waals surface area contributed by atoms with Crippen LogP contribution >= 0.6 is 11.6 Å². The van der Waals surface area contributed by atoms with E-state index in [1.54, 1.807) is 25.3 Å². The van der Waals surface area contributed by atoms with E-state index in [4.69, 9.17) is 11.6 Å². The molecule has 1 heterocycles. The molecule has 5 nitrogen and oxygen atoms in total. The van der Waals surface area contributed by atoms with Crippen molar-refractivity contribution < 1.29 is 14.3 Å². The fraction of sp³-hybridized carbons (Fsp3) is 0.250. The number of aromatic nitrogens is 1. The van der Waals surface area contributed by atoms with Gasteiger partial charge in [-0.1, -0.05) is 29.8 Å². The molecular weight excluding hydrogens is 321 g/mol. The first-order chi connectivity index (χ1) is 10.9. The van der Waals surface area contributed by atoms with Crippen molar-refractivity contribution in [1.29, 1.82) is 0 Å². The van der Waals surface area contributed by atoms with Gasteiger partial charge in [0.05, 0.1) is 6.54 Å². The lowest BCUT2D eigenvalue weighted by atomic mass is 9.96. The number of urea groups is 1. The van der Waals surface area contributed by atoms with E-state index < -0.39 is 11.6 Å². The van der Waals surface area contributed by atoms with Crippen molar-refractivity contribution in [3.8, 4) is 0 Å². The lowest BCUT2D eigenvalue weighted by molar-refractivity contribution is 0.0593. The molecule has 122 valence electrons. The summed E-state index contributed by atoms with van der Waals surface area (Å²) in [7, 11) is 0. The maximum absolute atomic E-state index is 12.9. The molecule has 1 aromatic carbocycles. The molecule has 7 heteroatoms. The molecule has 0 saturated heterocycles. The Kier molecular flexibility index (Phi) is 5.52. The zero-order valence-corrected chi connectivity index (χ0v) is 13.3. The van der Waals surface area contributed by atoms with Crippen LogP contribution in [0.25, 0.3) is 0 Å². The molecule has 0 aliphatic heterocycles. The highest BCUT2D eigenvalue weighted by molar-refractivity contribution is 6.29. The van der Waals surface area contributed by atoms with Gasteiger partial charge in [0.2, 0.25) is 0 Å². The summed E-state index contributed by atoms with van der Waals surface area (Å²) in [6.07, 6.45) is 1.57. The van der Waals surface area contributed by atoms with Gasteiger partial charge in [-0.2, -0.15) is 0 Å². The van der Waals surface area contributed by atoms with E-state index in [2.05, 4.69) is 15.6 Å². The van der Waals surface area contributed by atoms with E-state index in [0.717, 1.165) is 5.56 Å². The molecule has 3 N–H and O–H groups in total. The molecule has 2 amide bonds. The maximum atomic E-state index is 12.9. The minimum Gasteiger partial charge on any atom is -0.384 e. The SMILES string of the molecule is CC(O)(CNC(=O)NCc1ccc(Cl)nc1)c1ccc(F)cc1. The third-order valence-corrected chi connectivity index (χ3v) is 3.52. The van der Waals surface area contributed by atoms with E-state index in [1.807, 2.05) is 0 Å². The number of aliphatic hydroxyl groups is 1. The average Bonchev–Trinajstić information content (AvgIpc) is 2.53. The van der Waals surface area contributed by atoms with Crippen LogP contribution in [0.2, 0.25) is 5.15 Å². The Hall–Kier alpha value is -2.18. The van der Waals surface area contributed by atoms with Crippen LogP contribution in [0.15, 0.2) is 42.6 Å². The molecule has 0 bridgehead atoms. The summed E-state index contributed by atoms with van der Waals surface area (Å²) in [6, 6.07) is 8.44. The molecule has 23 heavy (non-hydrogen) atoms. The van der Waals surface area contributed by atoms with Crippen LogP contribution in [0, 0.1) is 5.82 Å². The first-order valence-corrected chi connectivity index (χ1v) is 7.35. The molecule has 0 aliphatic rings. The van der Waals surface area contributed by atoms with Gasteiger partial charge in [-0.25, -0.2) is 14.2 Å². The van der Waals surface area contributed by atoms with E-state index in [9.17, 15) is 14.3 Å². The number of pyridine rings is 1. The smallest absolute Gasteiger partial charge is 0.315 e. The molecule has 0 saturated carbocycles. The summed E-state index contributed by atoms with van der Waals surface area (Å²) in [5.41, 5.74) is 0.0169. The van der Waals surface area contributed by atoms with Crippen LogP contribution in [-0.4, -0.2) is 22.7 Å². The second kappa shape index (κ2) is 7.39. The number of carbonyl (C=O) groups is 1. The van der Waals surface area contributed by atoms with Gasteiger partial charge in [-0.15, -0.1) is 0 Å². The fourth-order valence-electron chi connectivity index (χ4n) is 1.92. The number of nitrogens with zero attached hydrogens (tertiary/aromatic N) is 1. The van der Waals surface area contributed by atoms with Crippen molar-refractivity contribution in [2.45, 2.75) is 19.1 Å². The standard InChI is InChI=1S/C16H17ClFN3O2/c1-16(23,12-3-5-13(18)6-4-12)10-21-15(22)20-9-11-2-7-14(17)19-8-11/h2-8,23H,9-10H2,1H3,(H2,20,21,22). The minimum absolute atomic E-state index is 0.0106. The van der Waals surface area contributed by atoms with Gasteiger partial charge >= 0.3 is 6.03 Å². The predicted molar refractivity (Wildman–Crippen MR) is 85.5 cm³/mol. The number of halogens is 2. The van der Waals surface area contributed by atoms with Crippen LogP contribution in [0.3, 0.4) is 0 Å². The Morgan fingerprint density at radius 2 is 1.96 bits per heavy atom. The summed E-state index contributed by atoms with van der Waals surface area (Å²) < 4.78 is 12.9. The number of rotatable bonds is 5. The van der Waals surface area contributed by atoms with Crippen LogP contribution in [0.1, 0.15) is 18.1 Å². The van der Waals surface area contributed by atoms with Crippen molar-refractivity contribution in [3.63, 3.8) is 0 Å². The number of hydrogen-bond acceptors (Lipinski definition) is 3. The second-order valence-corrected chi connectivity index (χ2v) is 5.69. The summed E-state index contributed by atoms with van der Waals surface area (Å²) in [5, 5.41) is 16.0. The van der Waals surface area contributed by atoms with E-state index in [0.29, 0.717) is 10.7 Å². The largest absolute Gasteiger partial charge is 0.384 e. The quantitative estimate of drug-likeness (QED) is 0.734. The van der Waals surface area contributed by atoms with Gasteiger partial charge in [0, 0.05) is 12.7 Å². The number of amides is 2. The topological polar surface area (TPSA) is 74.2 Å². The second-order valence-electron chi connectivity index (χ2n) is 5.31. The Balaban J connectivity index is 1.83. The zero-order chi connectivity index (χ0) is 16.9. The van der Waals surface area contributed by atoms with Gasteiger partial charge in [0.15, 0.2) is 0 Å². The average molecular weight is 338 g/mol. The summed E-state index contributed by atoms with van der Waals surface area (Å²) in [5.74, 6) is -0.383. The van der Waals surface area contributed by atoms with Crippen molar-refractivity contribution in [2.24, 2.45) is 0 Å². The Morgan fingerprint density at radius 3 is 2.57 bits per heavy atom. The monoisotopic (exact) mass is 337 g/mol. The molecule has 2 aromatic rings. The normalized spacial score (nSPS) is 13.2. The predicted octanol–water partition coefficient (Wildman–Crippen LogP) is 2.58. The van der Waals surface area contributed by atoms with Gasteiger partial charge in [0.1, 0.15) is 16.6 Å². The van der Waals surface area contributed by atoms with Crippen molar-refractivity contribution in [2.75, 3.05) is 6.54 Å². The molecule has 1 unspecified atom stereocenters. The van der Waals surface area contributed by atoms with Crippen LogP contribution in [0.4, 0.5) is 9.18 Å². The molecule has 1 atom stereocenters. The number of nitrogens with one attached hydrogen (secondary N) is 2. The van der Waals surface area contributed by atoms with E-state index in [1.165, 1.54) is 24.3 Å². The highest BCUT2D eigenvalue weighted by Crippen LogP contribution is 2.19. The van der Waals surface area contributed by atoms with E-state index in [-0.39, 0.29) is 18.9 Å². The number of carbonyl (C=O) groups excluding carboxylic acids is 1. The third-order valence-electron chi connectivity index (χ3n) is 3.30. The molecule has 0 spiro atoms. The summed E-state index contributed by atoms with van der Waals surface area (Å²) >= 11 is 5.68. The van der Waals surface area contributed by atoms with Crippen LogP contribution in [0.5, 0.6) is 0 Å². The minimum atomic E-state index is -1.30. The van der Waals surface area contributed by atoms with Crippen LogP contribution < -0.4 is 10.6 Å². The van der Waals surface area contributed by atoms with Gasteiger partial charge in [-0.3, -0.25) is 0 Å². The van der Waals surface area contributed by atoms with Crippen LogP contribution in [-0.2, 0) is 12.1 Å². The van der Waals surface area contributed by atoms with E-state index >= 15 is 0 Å². The Morgan fingerprint density at radius 1 is 1.26 bits per heavy atom. The highest BCUT2D eigenvalue weighted by atomic mass is 35.5. The third kappa shape index (κ3) is 5.19. The molecule has 0 radical (unpaired) electrons. The van der Waals surface area contributed by atoms with Gasteiger partial charge in [0.25, 0.3) is 0 Å². The highest BCUT2D eigenvalue weighted by Gasteiger charge is 2.23. The van der Waals surface area contributed by atoms with Crippen molar-refractivity contribution in [3.05, 3.63) is 64.7 Å². The molecular formula is C16H17ClFN3O2.